The van der Waals surface area contributed by atoms with Crippen molar-refractivity contribution >= 4 is 38.6 Å². The molecule has 1 heterocycles. The molecule has 136 valence electrons. The zero-order valence-corrected chi connectivity index (χ0v) is 16.1. The van der Waals surface area contributed by atoms with Crippen LogP contribution in [-0.4, -0.2) is 27.8 Å². The maximum atomic E-state index is 11.7. The minimum Gasteiger partial charge on any atom is -0.457 e. The van der Waals surface area contributed by atoms with Gasteiger partial charge in [0.15, 0.2) is 9.84 Å². The second kappa shape index (κ2) is 7.38. The van der Waals surface area contributed by atoms with Crippen molar-refractivity contribution in [1.82, 2.24) is 0 Å². The van der Waals surface area contributed by atoms with Gasteiger partial charge in [-0.25, -0.2) is 8.42 Å². The average Bonchev–Trinajstić information content (AvgIpc) is 3.03. The van der Waals surface area contributed by atoms with E-state index in [9.17, 15) is 8.42 Å². The van der Waals surface area contributed by atoms with Crippen LogP contribution in [0.25, 0.3) is 23.1 Å². The Bertz CT molecular complexity index is 1030. The van der Waals surface area contributed by atoms with E-state index >= 15 is 0 Å². The topological polar surface area (TPSA) is 50.5 Å². The molecule has 1 aromatic heterocycles. The van der Waals surface area contributed by atoms with Gasteiger partial charge in [0.25, 0.3) is 0 Å². The van der Waals surface area contributed by atoms with Gasteiger partial charge in [-0.3, -0.25) is 0 Å². The van der Waals surface area contributed by atoms with E-state index in [4.69, 9.17) is 4.42 Å². The molecule has 0 fully saturated rings. The maximum Gasteiger partial charge on any atom is 0.175 e. The van der Waals surface area contributed by atoms with Crippen molar-refractivity contribution in [2.45, 2.75) is 18.7 Å². The molecule has 0 unspecified atom stereocenters. The highest BCUT2D eigenvalue weighted by Gasteiger charge is 2.10. The first-order valence-corrected chi connectivity index (χ1v) is 10.6. The highest BCUT2D eigenvalue weighted by molar-refractivity contribution is 7.90. The van der Waals surface area contributed by atoms with Gasteiger partial charge >= 0.3 is 0 Å². The molecule has 2 aromatic carbocycles. The fraction of sp³-hybridized carbons (Fsp3) is 0.238. The van der Waals surface area contributed by atoms with E-state index in [0.29, 0.717) is 11.3 Å². The third kappa shape index (κ3) is 3.99. The molecule has 3 rings (SSSR count). The van der Waals surface area contributed by atoms with Gasteiger partial charge in [-0.1, -0.05) is 18.2 Å². The van der Waals surface area contributed by atoms with E-state index < -0.39 is 9.84 Å². The first-order valence-electron chi connectivity index (χ1n) is 8.67. The molecule has 0 aliphatic heterocycles. The minimum absolute atomic E-state index is 0.266. The van der Waals surface area contributed by atoms with Gasteiger partial charge in [0.05, 0.1) is 4.90 Å². The van der Waals surface area contributed by atoms with Crippen LogP contribution in [0, 0.1) is 0 Å². The number of nitrogens with zero attached hydrogens (tertiary/aromatic N) is 1. The van der Waals surface area contributed by atoms with Crippen LogP contribution in [0.3, 0.4) is 0 Å². The third-order valence-corrected chi connectivity index (χ3v) is 5.51. The summed E-state index contributed by atoms with van der Waals surface area (Å²) in [6.45, 7) is 6.27. The van der Waals surface area contributed by atoms with Crippen molar-refractivity contribution in [3.05, 3.63) is 59.9 Å². The summed E-state index contributed by atoms with van der Waals surface area (Å²) in [5.41, 5.74) is 2.87. The number of benzene rings is 2. The Morgan fingerprint density at radius 3 is 2.27 bits per heavy atom. The van der Waals surface area contributed by atoms with E-state index in [1.807, 2.05) is 18.2 Å². The smallest absolute Gasteiger partial charge is 0.175 e. The number of sulfone groups is 1. The van der Waals surface area contributed by atoms with Crippen LogP contribution in [0.2, 0.25) is 0 Å². The largest absolute Gasteiger partial charge is 0.457 e. The molecule has 4 nitrogen and oxygen atoms in total. The summed E-state index contributed by atoms with van der Waals surface area (Å²) in [5, 5.41) is 0.883. The minimum atomic E-state index is -3.24. The van der Waals surface area contributed by atoms with Crippen LogP contribution in [0.15, 0.2) is 57.8 Å². The lowest BCUT2D eigenvalue weighted by Gasteiger charge is -2.20. The summed E-state index contributed by atoms with van der Waals surface area (Å²) in [5.74, 6) is 0.693. The fourth-order valence-electron chi connectivity index (χ4n) is 2.91. The lowest BCUT2D eigenvalue weighted by Crippen LogP contribution is -2.21. The summed E-state index contributed by atoms with van der Waals surface area (Å²) in [6.07, 6.45) is 5.08. The monoisotopic (exact) mass is 369 g/mol. The molecule has 3 aromatic rings. The summed E-state index contributed by atoms with van der Waals surface area (Å²) < 4.78 is 29.1. The molecule has 0 amide bonds. The quantitative estimate of drug-likeness (QED) is 0.623. The SMILES string of the molecule is CCN(CC)c1ccc(C=Cc2cc3ccc(S(C)(=O)=O)cc3o2)cc1. The first kappa shape index (κ1) is 18.3. The second-order valence-electron chi connectivity index (χ2n) is 6.22. The third-order valence-electron chi connectivity index (χ3n) is 4.40. The summed E-state index contributed by atoms with van der Waals surface area (Å²) in [6, 6.07) is 15.2. The Labute approximate surface area is 154 Å². The molecular formula is C21H23NO3S. The lowest BCUT2D eigenvalue weighted by atomic mass is 10.1. The molecule has 0 spiro atoms. The van der Waals surface area contributed by atoms with Crippen LogP contribution in [0.4, 0.5) is 5.69 Å². The fourth-order valence-corrected chi connectivity index (χ4v) is 3.54. The molecule has 0 bridgehead atoms. The molecular weight excluding hydrogens is 346 g/mol. The van der Waals surface area contributed by atoms with Crippen molar-refractivity contribution in [3.8, 4) is 0 Å². The average molecular weight is 369 g/mol. The molecule has 0 aliphatic rings. The number of rotatable bonds is 6. The van der Waals surface area contributed by atoms with Crippen LogP contribution < -0.4 is 4.90 Å². The van der Waals surface area contributed by atoms with Crippen LogP contribution in [-0.2, 0) is 9.84 Å². The lowest BCUT2D eigenvalue weighted by molar-refractivity contribution is 0.596. The zero-order chi connectivity index (χ0) is 18.7. The molecule has 0 saturated heterocycles. The summed E-state index contributed by atoms with van der Waals surface area (Å²) in [7, 11) is -3.24. The second-order valence-corrected chi connectivity index (χ2v) is 8.23. The molecule has 0 radical (unpaired) electrons. The molecule has 0 saturated carbocycles. The first-order chi connectivity index (χ1) is 12.4. The van der Waals surface area contributed by atoms with E-state index in [1.165, 1.54) is 11.9 Å². The zero-order valence-electron chi connectivity index (χ0n) is 15.3. The molecule has 0 atom stereocenters. The Morgan fingerprint density at radius 2 is 1.65 bits per heavy atom. The summed E-state index contributed by atoms with van der Waals surface area (Å²) in [4.78, 5) is 2.56. The van der Waals surface area contributed by atoms with Gasteiger partial charge in [0.2, 0.25) is 0 Å². The predicted molar refractivity (Wildman–Crippen MR) is 108 cm³/mol. The normalized spacial score (nSPS) is 12.1. The van der Waals surface area contributed by atoms with Gasteiger partial charge < -0.3 is 9.32 Å². The van der Waals surface area contributed by atoms with Crippen molar-refractivity contribution in [2.24, 2.45) is 0 Å². The highest BCUT2D eigenvalue weighted by atomic mass is 32.2. The van der Waals surface area contributed by atoms with Crippen molar-refractivity contribution in [2.75, 3.05) is 24.2 Å². The summed E-state index contributed by atoms with van der Waals surface area (Å²) >= 11 is 0. The Hall–Kier alpha value is -2.53. The maximum absolute atomic E-state index is 11.7. The predicted octanol–water partition coefficient (Wildman–Crippen LogP) is 4.85. The molecule has 0 aliphatic carbocycles. The van der Waals surface area contributed by atoms with Crippen molar-refractivity contribution in [1.29, 1.82) is 0 Å². The van der Waals surface area contributed by atoms with Crippen molar-refractivity contribution in [3.63, 3.8) is 0 Å². The standard InChI is InChI=1S/C21H23NO3S/c1-4-22(5-2)18-10-6-16(7-11-18)8-12-19-14-17-9-13-20(26(3,23)24)15-21(17)25-19/h6-15H,4-5H2,1-3H3. The molecule has 26 heavy (non-hydrogen) atoms. The van der Waals surface area contributed by atoms with E-state index in [2.05, 4.69) is 43.0 Å². The van der Waals surface area contributed by atoms with E-state index in [1.54, 1.807) is 18.2 Å². The van der Waals surface area contributed by atoms with E-state index in [0.717, 1.165) is 24.0 Å². The Balaban J connectivity index is 1.82. The number of hydrogen-bond acceptors (Lipinski definition) is 4. The van der Waals surface area contributed by atoms with Gasteiger partial charge in [0.1, 0.15) is 11.3 Å². The number of furan rings is 1. The van der Waals surface area contributed by atoms with Crippen LogP contribution in [0.5, 0.6) is 0 Å². The van der Waals surface area contributed by atoms with Gasteiger partial charge in [-0.05, 0) is 55.8 Å². The Morgan fingerprint density at radius 1 is 0.962 bits per heavy atom. The highest BCUT2D eigenvalue weighted by Crippen LogP contribution is 2.24. The van der Waals surface area contributed by atoms with Crippen molar-refractivity contribution < 1.29 is 12.8 Å². The number of anilines is 1. The van der Waals surface area contributed by atoms with Crippen LogP contribution in [0.1, 0.15) is 25.2 Å². The number of hydrogen-bond donors (Lipinski definition) is 0. The molecule has 0 N–H and O–H groups in total. The number of fused-ring (bicyclic) bond motifs is 1. The van der Waals surface area contributed by atoms with Gasteiger partial charge in [-0.15, -0.1) is 0 Å². The Kier molecular flexibility index (Phi) is 5.18. The van der Waals surface area contributed by atoms with Crippen LogP contribution >= 0.6 is 0 Å². The van der Waals surface area contributed by atoms with Gasteiger partial charge in [0, 0.05) is 36.5 Å². The molecule has 5 heteroatoms. The van der Waals surface area contributed by atoms with E-state index in [-0.39, 0.29) is 4.90 Å². The van der Waals surface area contributed by atoms with Gasteiger partial charge in [-0.2, -0.15) is 0 Å².